The molecule has 0 aliphatic rings. The minimum absolute atomic E-state index is 0.0470. The predicted molar refractivity (Wildman–Crippen MR) is 44.0 cm³/mol. The summed E-state index contributed by atoms with van der Waals surface area (Å²) in [5, 5.41) is 0.373. The van der Waals surface area contributed by atoms with Gasteiger partial charge in [-0.1, -0.05) is 11.3 Å². The van der Waals surface area contributed by atoms with Gasteiger partial charge in [0.25, 0.3) is 0 Å². The summed E-state index contributed by atoms with van der Waals surface area (Å²) < 4.78 is 13.4. The maximum atomic E-state index is 13.4. The van der Waals surface area contributed by atoms with Crippen LogP contribution in [0.4, 0.5) is 9.52 Å². The van der Waals surface area contributed by atoms with Crippen LogP contribution in [0.3, 0.4) is 0 Å². The molecule has 0 fully saturated rings. The van der Waals surface area contributed by atoms with Crippen LogP contribution in [-0.4, -0.2) is 11.5 Å². The summed E-state index contributed by atoms with van der Waals surface area (Å²) in [7, 11) is 0. The van der Waals surface area contributed by atoms with Crippen molar-refractivity contribution in [3.05, 3.63) is 11.1 Å². The minimum atomic E-state index is -1.49. The Hall–Kier alpha value is -0.680. The molecule has 0 saturated heterocycles. The number of alkyl halides is 1. The molecule has 3 nitrogen and oxygen atoms in total. The van der Waals surface area contributed by atoms with Crippen LogP contribution in [0.5, 0.6) is 0 Å². The molecule has 11 heavy (non-hydrogen) atoms. The Bertz CT molecular complexity index is 246. The lowest BCUT2D eigenvalue weighted by Gasteiger charge is -2.14. The molecule has 5 heteroatoms. The summed E-state index contributed by atoms with van der Waals surface area (Å²) in [5.74, 6) is 0. The molecule has 1 rings (SSSR count). The zero-order valence-corrected chi connectivity index (χ0v) is 6.99. The molecule has 1 unspecified atom stereocenters. The Balaban J connectivity index is 2.92. The number of halogens is 1. The van der Waals surface area contributed by atoms with Crippen LogP contribution < -0.4 is 11.5 Å². The van der Waals surface area contributed by atoms with Crippen LogP contribution in [0.25, 0.3) is 0 Å². The Kier molecular flexibility index (Phi) is 2.10. The highest BCUT2D eigenvalue weighted by Gasteiger charge is 2.26. The molecule has 1 aromatic heterocycles. The highest BCUT2D eigenvalue weighted by Crippen LogP contribution is 2.29. The van der Waals surface area contributed by atoms with Crippen molar-refractivity contribution in [3.8, 4) is 0 Å². The molecule has 1 aromatic rings. The first-order chi connectivity index (χ1) is 5.06. The van der Waals surface area contributed by atoms with Crippen LogP contribution >= 0.6 is 11.3 Å². The summed E-state index contributed by atoms with van der Waals surface area (Å²) in [6.45, 7) is 1.37. The highest BCUT2D eigenvalue weighted by atomic mass is 32.1. The van der Waals surface area contributed by atoms with Gasteiger partial charge in [-0.05, 0) is 6.92 Å². The normalized spacial score (nSPS) is 16.3. The summed E-state index contributed by atoms with van der Waals surface area (Å²) in [6.07, 6.45) is 1.42. The Labute approximate surface area is 68.2 Å². The summed E-state index contributed by atoms with van der Waals surface area (Å²) in [5.41, 5.74) is 9.05. The van der Waals surface area contributed by atoms with E-state index >= 15 is 0 Å². The zero-order valence-electron chi connectivity index (χ0n) is 6.17. The fraction of sp³-hybridized carbons (Fsp3) is 0.500. The van der Waals surface area contributed by atoms with Gasteiger partial charge in [0.15, 0.2) is 10.8 Å². The van der Waals surface area contributed by atoms with Gasteiger partial charge in [0.05, 0.1) is 4.88 Å². The van der Waals surface area contributed by atoms with Gasteiger partial charge in [0, 0.05) is 12.7 Å². The maximum Gasteiger partial charge on any atom is 0.180 e. The van der Waals surface area contributed by atoms with Crippen LogP contribution in [0.1, 0.15) is 11.8 Å². The predicted octanol–water partition coefficient (Wildman–Crippen LogP) is 0.869. The second-order valence-electron chi connectivity index (χ2n) is 2.46. The van der Waals surface area contributed by atoms with Crippen molar-refractivity contribution >= 4 is 16.5 Å². The van der Waals surface area contributed by atoms with E-state index in [0.29, 0.717) is 10.0 Å². The van der Waals surface area contributed by atoms with E-state index in [9.17, 15) is 4.39 Å². The summed E-state index contributed by atoms with van der Waals surface area (Å²) >= 11 is 1.13. The van der Waals surface area contributed by atoms with E-state index in [-0.39, 0.29) is 6.54 Å². The number of hydrogen-bond donors (Lipinski definition) is 2. The molecule has 62 valence electrons. The molecular weight excluding hydrogens is 165 g/mol. The maximum absolute atomic E-state index is 13.4. The second-order valence-corrected chi connectivity index (χ2v) is 3.53. The van der Waals surface area contributed by atoms with Gasteiger partial charge in [-0.25, -0.2) is 9.37 Å². The molecule has 0 aliphatic heterocycles. The van der Waals surface area contributed by atoms with Gasteiger partial charge >= 0.3 is 0 Å². The number of nitrogens with zero attached hydrogens (tertiary/aromatic N) is 1. The molecule has 0 saturated carbocycles. The minimum Gasteiger partial charge on any atom is -0.375 e. The average molecular weight is 175 g/mol. The van der Waals surface area contributed by atoms with Crippen molar-refractivity contribution in [2.45, 2.75) is 12.6 Å². The smallest absolute Gasteiger partial charge is 0.180 e. The van der Waals surface area contributed by atoms with E-state index in [1.165, 1.54) is 13.1 Å². The van der Waals surface area contributed by atoms with Gasteiger partial charge in [-0.15, -0.1) is 0 Å². The second kappa shape index (κ2) is 2.75. The molecular formula is C6H10FN3S. The Morgan fingerprint density at radius 3 is 2.82 bits per heavy atom. The third kappa shape index (κ3) is 1.66. The van der Waals surface area contributed by atoms with E-state index in [4.69, 9.17) is 11.5 Å². The largest absolute Gasteiger partial charge is 0.375 e. The molecule has 0 amide bonds. The third-order valence-corrected chi connectivity index (χ3v) is 2.49. The summed E-state index contributed by atoms with van der Waals surface area (Å²) in [6, 6.07) is 0. The lowest BCUT2D eigenvalue weighted by atomic mass is 10.1. The van der Waals surface area contributed by atoms with Crippen LogP contribution in [0.15, 0.2) is 6.20 Å². The van der Waals surface area contributed by atoms with Gasteiger partial charge < -0.3 is 11.5 Å². The van der Waals surface area contributed by atoms with Crippen molar-refractivity contribution in [1.29, 1.82) is 0 Å². The molecule has 0 aliphatic carbocycles. The van der Waals surface area contributed by atoms with Gasteiger partial charge in [-0.3, -0.25) is 0 Å². The fourth-order valence-corrected chi connectivity index (χ4v) is 1.36. The molecule has 4 N–H and O–H groups in total. The highest BCUT2D eigenvalue weighted by molar-refractivity contribution is 7.15. The monoisotopic (exact) mass is 175 g/mol. The number of anilines is 1. The first-order valence-electron chi connectivity index (χ1n) is 3.17. The first-order valence-corrected chi connectivity index (χ1v) is 3.98. The quantitative estimate of drug-likeness (QED) is 0.701. The van der Waals surface area contributed by atoms with Crippen molar-refractivity contribution in [2.75, 3.05) is 12.3 Å². The number of nitrogen functional groups attached to an aromatic ring is 1. The molecule has 0 bridgehead atoms. The first kappa shape index (κ1) is 8.42. The Morgan fingerprint density at radius 1 is 1.82 bits per heavy atom. The van der Waals surface area contributed by atoms with Crippen LogP contribution in [0, 0.1) is 0 Å². The molecule has 0 spiro atoms. The number of rotatable bonds is 2. The number of hydrogen-bond acceptors (Lipinski definition) is 4. The molecule has 1 heterocycles. The summed E-state index contributed by atoms with van der Waals surface area (Å²) in [4.78, 5) is 4.22. The fourth-order valence-electron chi connectivity index (χ4n) is 0.629. The SMILES string of the molecule is CC(F)(CN)c1cnc(N)s1. The molecule has 1 atom stereocenters. The van der Waals surface area contributed by atoms with Crippen molar-refractivity contribution in [2.24, 2.45) is 5.73 Å². The average Bonchev–Trinajstić information content (AvgIpc) is 2.36. The topological polar surface area (TPSA) is 64.9 Å². The zero-order chi connectivity index (χ0) is 8.48. The van der Waals surface area contributed by atoms with Crippen LogP contribution in [-0.2, 0) is 5.67 Å². The van der Waals surface area contributed by atoms with Gasteiger partial charge in [-0.2, -0.15) is 0 Å². The van der Waals surface area contributed by atoms with Crippen molar-refractivity contribution in [3.63, 3.8) is 0 Å². The molecule has 0 radical (unpaired) electrons. The molecule has 0 aromatic carbocycles. The van der Waals surface area contributed by atoms with E-state index in [0.717, 1.165) is 11.3 Å². The van der Waals surface area contributed by atoms with Crippen molar-refractivity contribution in [1.82, 2.24) is 4.98 Å². The van der Waals surface area contributed by atoms with Crippen molar-refractivity contribution < 1.29 is 4.39 Å². The third-order valence-electron chi connectivity index (χ3n) is 1.42. The lowest BCUT2D eigenvalue weighted by Crippen LogP contribution is -2.25. The Morgan fingerprint density at radius 2 is 2.45 bits per heavy atom. The van der Waals surface area contributed by atoms with E-state index < -0.39 is 5.67 Å². The van der Waals surface area contributed by atoms with E-state index in [1.54, 1.807) is 0 Å². The van der Waals surface area contributed by atoms with Crippen LogP contribution in [0.2, 0.25) is 0 Å². The number of nitrogens with two attached hydrogens (primary N) is 2. The standard InChI is InChI=1S/C6H10FN3S/c1-6(7,3-8)4-2-10-5(9)11-4/h2H,3,8H2,1H3,(H2,9,10). The van der Waals surface area contributed by atoms with Gasteiger partial charge in [0.2, 0.25) is 0 Å². The van der Waals surface area contributed by atoms with E-state index in [2.05, 4.69) is 4.98 Å². The number of thiazole rings is 1. The van der Waals surface area contributed by atoms with Gasteiger partial charge in [0.1, 0.15) is 0 Å². The van der Waals surface area contributed by atoms with E-state index in [1.807, 2.05) is 0 Å². The number of aromatic nitrogens is 1. The lowest BCUT2D eigenvalue weighted by molar-refractivity contribution is 0.208.